The summed E-state index contributed by atoms with van der Waals surface area (Å²) in [5.74, 6) is 0.297. The number of hydrogen-bond donors (Lipinski definition) is 2. The van der Waals surface area contributed by atoms with Crippen molar-refractivity contribution in [3.63, 3.8) is 0 Å². The van der Waals surface area contributed by atoms with Crippen LogP contribution in [0, 0.1) is 0 Å². The number of anilines is 1. The van der Waals surface area contributed by atoms with Gasteiger partial charge >= 0.3 is 6.18 Å². The minimum atomic E-state index is -4.47. The summed E-state index contributed by atoms with van der Waals surface area (Å²) in [7, 11) is 0. The maximum absolute atomic E-state index is 12.7. The number of hydrogen-bond acceptors (Lipinski definition) is 4. The molecule has 2 unspecified atom stereocenters. The molecule has 148 valence electrons. The normalized spacial score (nSPS) is 22.5. The van der Waals surface area contributed by atoms with E-state index in [1.165, 1.54) is 0 Å². The maximum atomic E-state index is 12.7. The second-order valence-electron chi connectivity index (χ2n) is 6.12. The van der Waals surface area contributed by atoms with Gasteiger partial charge in [0.15, 0.2) is 0 Å². The Kier molecular flexibility index (Phi) is 8.26. The van der Waals surface area contributed by atoms with Crippen LogP contribution in [0.3, 0.4) is 0 Å². The Morgan fingerprint density at radius 2 is 2.08 bits per heavy atom. The van der Waals surface area contributed by atoms with Crippen LogP contribution in [-0.2, 0) is 11.0 Å². The Morgan fingerprint density at radius 1 is 1.35 bits per heavy atom. The zero-order chi connectivity index (χ0) is 17.3. The molecule has 2 saturated heterocycles. The van der Waals surface area contributed by atoms with Gasteiger partial charge in [-0.2, -0.15) is 13.2 Å². The number of aromatic nitrogens is 1. The largest absolute Gasteiger partial charge is 0.417 e. The van der Waals surface area contributed by atoms with Crippen molar-refractivity contribution in [3.05, 3.63) is 22.8 Å². The third-order valence-electron chi connectivity index (χ3n) is 4.36. The summed E-state index contributed by atoms with van der Waals surface area (Å²) in [6, 6.07) is 0.685. The van der Waals surface area contributed by atoms with Crippen LogP contribution < -0.4 is 15.5 Å². The van der Waals surface area contributed by atoms with Crippen LogP contribution in [0.2, 0.25) is 5.02 Å². The van der Waals surface area contributed by atoms with E-state index < -0.39 is 11.7 Å². The Bertz CT molecular complexity index is 627. The van der Waals surface area contributed by atoms with Gasteiger partial charge in [0.25, 0.3) is 0 Å². The molecule has 0 aliphatic carbocycles. The first-order chi connectivity index (χ1) is 11.3. The number of amides is 1. The monoisotopic (exact) mass is 434 g/mol. The van der Waals surface area contributed by atoms with Crippen LogP contribution in [0.5, 0.6) is 0 Å². The van der Waals surface area contributed by atoms with Crippen molar-refractivity contribution in [2.75, 3.05) is 24.5 Å². The number of alkyl halides is 3. The average Bonchev–Trinajstić information content (AvgIpc) is 3.17. The van der Waals surface area contributed by atoms with Crippen molar-refractivity contribution >= 4 is 48.1 Å². The standard InChI is InChI=1S/C15H18ClF3N4O.2ClH/c16-11-6-9(15(17,18)19)7-21-13(11)23-5-3-10(8-23)22-14(24)12-2-1-4-20-12;;/h6-7,10,12,20H,1-5,8H2,(H,22,24);2*1H. The third-order valence-corrected chi connectivity index (χ3v) is 4.64. The van der Waals surface area contributed by atoms with E-state index in [0.29, 0.717) is 25.3 Å². The van der Waals surface area contributed by atoms with Crippen LogP contribution in [0.15, 0.2) is 12.3 Å². The highest BCUT2D eigenvalue weighted by molar-refractivity contribution is 6.33. The molecule has 0 radical (unpaired) electrons. The first-order valence-electron chi connectivity index (χ1n) is 7.86. The lowest BCUT2D eigenvalue weighted by Gasteiger charge is -2.20. The predicted octanol–water partition coefficient (Wildman–Crippen LogP) is 3.04. The molecule has 2 fully saturated rings. The van der Waals surface area contributed by atoms with E-state index in [1.54, 1.807) is 4.90 Å². The van der Waals surface area contributed by atoms with E-state index >= 15 is 0 Å². The minimum Gasteiger partial charge on any atom is -0.353 e. The molecule has 1 amide bonds. The lowest BCUT2D eigenvalue weighted by atomic mass is 10.2. The van der Waals surface area contributed by atoms with Gasteiger partial charge in [0.2, 0.25) is 5.91 Å². The smallest absolute Gasteiger partial charge is 0.353 e. The molecule has 2 aliphatic heterocycles. The fourth-order valence-corrected chi connectivity index (χ4v) is 3.38. The van der Waals surface area contributed by atoms with Crippen molar-refractivity contribution < 1.29 is 18.0 Å². The Morgan fingerprint density at radius 3 is 2.65 bits per heavy atom. The van der Waals surface area contributed by atoms with Crippen molar-refractivity contribution in [2.24, 2.45) is 0 Å². The van der Waals surface area contributed by atoms with Crippen LogP contribution in [0.1, 0.15) is 24.8 Å². The number of pyridine rings is 1. The highest BCUT2D eigenvalue weighted by Crippen LogP contribution is 2.34. The Balaban J connectivity index is 0.00000169. The summed E-state index contributed by atoms with van der Waals surface area (Å²) >= 11 is 5.97. The van der Waals surface area contributed by atoms with Gasteiger partial charge in [-0.15, -0.1) is 24.8 Å². The second kappa shape index (κ2) is 9.30. The van der Waals surface area contributed by atoms with E-state index in [2.05, 4.69) is 15.6 Å². The quantitative estimate of drug-likeness (QED) is 0.766. The number of carbonyl (C=O) groups excluding carboxylic acids is 1. The molecule has 2 N–H and O–H groups in total. The molecular weight excluding hydrogens is 416 g/mol. The van der Waals surface area contributed by atoms with Gasteiger partial charge in [-0.25, -0.2) is 4.98 Å². The lowest BCUT2D eigenvalue weighted by molar-refractivity contribution is -0.137. The van der Waals surface area contributed by atoms with Gasteiger partial charge in [-0.05, 0) is 31.9 Å². The molecule has 0 bridgehead atoms. The molecule has 5 nitrogen and oxygen atoms in total. The molecule has 3 heterocycles. The highest BCUT2D eigenvalue weighted by Gasteiger charge is 2.33. The summed E-state index contributed by atoms with van der Waals surface area (Å²) in [4.78, 5) is 17.8. The first kappa shape index (κ1) is 23.1. The number of nitrogens with one attached hydrogen (secondary N) is 2. The van der Waals surface area contributed by atoms with E-state index in [1.807, 2.05) is 0 Å². The summed E-state index contributed by atoms with van der Waals surface area (Å²) in [5.41, 5.74) is -0.868. The van der Waals surface area contributed by atoms with Crippen molar-refractivity contribution in [1.82, 2.24) is 15.6 Å². The molecule has 1 aromatic heterocycles. The number of rotatable bonds is 3. The van der Waals surface area contributed by atoms with Crippen molar-refractivity contribution in [1.29, 1.82) is 0 Å². The zero-order valence-corrected chi connectivity index (χ0v) is 16.1. The fraction of sp³-hybridized carbons (Fsp3) is 0.600. The van der Waals surface area contributed by atoms with Gasteiger partial charge in [-0.3, -0.25) is 4.79 Å². The molecule has 2 atom stereocenters. The van der Waals surface area contributed by atoms with Crippen molar-refractivity contribution in [2.45, 2.75) is 37.5 Å². The average molecular weight is 436 g/mol. The van der Waals surface area contributed by atoms with Gasteiger partial charge in [0, 0.05) is 25.3 Å². The number of carbonyl (C=O) groups is 1. The molecule has 0 saturated carbocycles. The summed E-state index contributed by atoms with van der Waals surface area (Å²) in [6.07, 6.45) is -1.16. The van der Waals surface area contributed by atoms with E-state index in [-0.39, 0.29) is 47.8 Å². The molecule has 26 heavy (non-hydrogen) atoms. The summed E-state index contributed by atoms with van der Waals surface area (Å²) in [6.45, 7) is 1.91. The molecular formula is C15H20Cl3F3N4O. The first-order valence-corrected chi connectivity index (χ1v) is 8.24. The number of nitrogens with zero attached hydrogens (tertiary/aromatic N) is 2. The topological polar surface area (TPSA) is 57.3 Å². The molecule has 2 aliphatic rings. The third kappa shape index (κ3) is 5.28. The maximum Gasteiger partial charge on any atom is 0.417 e. The van der Waals surface area contributed by atoms with Crippen LogP contribution in [0.4, 0.5) is 19.0 Å². The van der Waals surface area contributed by atoms with Crippen LogP contribution in [0.25, 0.3) is 0 Å². The second-order valence-corrected chi connectivity index (χ2v) is 6.52. The number of halogens is 6. The molecule has 0 spiro atoms. The Labute approximate surface area is 166 Å². The van der Waals surface area contributed by atoms with Gasteiger partial charge in [0.05, 0.1) is 16.6 Å². The predicted molar refractivity (Wildman–Crippen MR) is 98.5 cm³/mol. The van der Waals surface area contributed by atoms with Crippen molar-refractivity contribution in [3.8, 4) is 0 Å². The zero-order valence-electron chi connectivity index (χ0n) is 13.7. The van der Waals surface area contributed by atoms with Crippen LogP contribution in [-0.4, -0.2) is 42.6 Å². The summed E-state index contributed by atoms with van der Waals surface area (Å²) in [5, 5.41) is 6.09. The van der Waals surface area contributed by atoms with E-state index in [0.717, 1.165) is 31.6 Å². The van der Waals surface area contributed by atoms with E-state index in [9.17, 15) is 18.0 Å². The molecule has 11 heteroatoms. The van der Waals surface area contributed by atoms with Gasteiger partial charge < -0.3 is 15.5 Å². The summed E-state index contributed by atoms with van der Waals surface area (Å²) < 4.78 is 38.0. The molecule has 1 aromatic rings. The SMILES string of the molecule is Cl.Cl.O=C(NC1CCN(c2ncc(C(F)(F)F)cc2Cl)C1)C1CCCN1. The fourth-order valence-electron chi connectivity index (χ4n) is 3.10. The molecule has 3 rings (SSSR count). The van der Waals surface area contributed by atoms with Gasteiger partial charge in [0.1, 0.15) is 5.82 Å². The Hall–Kier alpha value is -0.960. The highest BCUT2D eigenvalue weighted by atomic mass is 35.5. The van der Waals surface area contributed by atoms with Gasteiger partial charge in [-0.1, -0.05) is 11.6 Å². The minimum absolute atomic E-state index is 0. The molecule has 0 aromatic carbocycles. The lowest BCUT2D eigenvalue weighted by Crippen LogP contribution is -2.46. The van der Waals surface area contributed by atoms with E-state index in [4.69, 9.17) is 11.6 Å². The van der Waals surface area contributed by atoms with Crippen LogP contribution >= 0.6 is 36.4 Å².